The summed E-state index contributed by atoms with van der Waals surface area (Å²) in [6, 6.07) is 9.11. The van der Waals surface area contributed by atoms with Gasteiger partial charge >= 0.3 is 23.9 Å². The number of esters is 4. The highest BCUT2D eigenvalue weighted by molar-refractivity contribution is 5.68. The van der Waals surface area contributed by atoms with E-state index in [9.17, 15) is 19.2 Å². The molecule has 0 saturated carbocycles. The highest BCUT2D eigenvalue weighted by atomic mass is 16.7. The van der Waals surface area contributed by atoms with Gasteiger partial charge in [0, 0.05) is 27.7 Å². The van der Waals surface area contributed by atoms with E-state index in [0.29, 0.717) is 0 Å². The van der Waals surface area contributed by atoms with Gasteiger partial charge in [0.1, 0.15) is 12.7 Å². The Hall–Kier alpha value is -2.98. The number of hydrogen-bond acceptors (Lipinski definition) is 10. The van der Waals surface area contributed by atoms with E-state index < -0.39 is 54.6 Å². The van der Waals surface area contributed by atoms with Gasteiger partial charge in [-0.3, -0.25) is 19.2 Å². The molecule has 31 heavy (non-hydrogen) atoms. The maximum absolute atomic E-state index is 11.8. The van der Waals surface area contributed by atoms with E-state index in [1.54, 1.807) is 0 Å². The van der Waals surface area contributed by atoms with Crippen LogP contribution in [0.25, 0.3) is 0 Å². The van der Waals surface area contributed by atoms with Crippen molar-refractivity contribution in [2.75, 3.05) is 6.61 Å². The van der Waals surface area contributed by atoms with Gasteiger partial charge in [-0.15, -0.1) is 0 Å². The smallest absolute Gasteiger partial charge is 0.305 e. The Kier molecular flexibility index (Phi) is 8.95. The standard InChI is InChI=1S/C21H26O10/c1-12(22)26-11-17-18(28-13(2)23)19(29-14(3)24)20(21(31-17)30-15(4)25)27-10-16-8-6-5-7-9-16/h5-9,17-21H,10-11H2,1-4H3/t17-,18-,19+,20-,21+/m1/s1. The fourth-order valence-corrected chi connectivity index (χ4v) is 3.07. The quantitative estimate of drug-likeness (QED) is 0.433. The molecule has 0 radical (unpaired) electrons. The van der Waals surface area contributed by atoms with Gasteiger partial charge in [-0.25, -0.2) is 0 Å². The van der Waals surface area contributed by atoms with Gasteiger partial charge in [-0.05, 0) is 5.56 Å². The van der Waals surface area contributed by atoms with Gasteiger partial charge in [0.25, 0.3) is 0 Å². The number of carbonyl (C=O) groups excluding carboxylic acids is 4. The number of carbonyl (C=O) groups is 4. The Morgan fingerprint density at radius 3 is 1.90 bits per heavy atom. The molecule has 1 aliphatic heterocycles. The third kappa shape index (κ3) is 7.65. The average molecular weight is 438 g/mol. The van der Waals surface area contributed by atoms with Crippen LogP contribution >= 0.6 is 0 Å². The summed E-state index contributed by atoms with van der Waals surface area (Å²) in [7, 11) is 0. The normalized spacial score (nSPS) is 25.2. The van der Waals surface area contributed by atoms with Crippen LogP contribution in [0.15, 0.2) is 30.3 Å². The summed E-state index contributed by atoms with van der Waals surface area (Å²) in [5.41, 5.74) is 0.803. The van der Waals surface area contributed by atoms with E-state index in [4.69, 9.17) is 28.4 Å². The Morgan fingerprint density at radius 1 is 0.774 bits per heavy atom. The molecule has 1 aliphatic rings. The van der Waals surface area contributed by atoms with Crippen LogP contribution in [-0.2, 0) is 54.2 Å². The van der Waals surface area contributed by atoms with Gasteiger partial charge in [0.2, 0.25) is 6.29 Å². The zero-order valence-corrected chi connectivity index (χ0v) is 17.8. The van der Waals surface area contributed by atoms with Gasteiger partial charge in [-0.2, -0.15) is 0 Å². The molecule has 1 aromatic carbocycles. The summed E-state index contributed by atoms with van der Waals surface area (Å²) >= 11 is 0. The van der Waals surface area contributed by atoms with E-state index in [2.05, 4.69) is 0 Å². The molecule has 170 valence electrons. The molecule has 10 nitrogen and oxygen atoms in total. The molecule has 2 rings (SSSR count). The van der Waals surface area contributed by atoms with Crippen LogP contribution < -0.4 is 0 Å². The number of rotatable bonds is 8. The fraction of sp³-hybridized carbons (Fsp3) is 0.524. The van der Waals surface area contributed by atoms with Crippen LogP contribution in [0.3, 0.4) is 0 Å². The van der Waals surface area contributed by atoms with Crippen molar-refractivity contribution >= 4 is 23.9 Å². The first kappa shape index (κ1) is 24.3. The molecule has 0 unspecified atom stereocenters. The maximum atomic E-state index is 11.8. The highest BCUT2D eigenvalue weighted by Crippen LogP contribution is 2.30. The number of ether oxygens (including phenoxy) is 6. The van der Waals surface area contributed by atoms with Crippen molar-refractivity contribution in [1.29, 1.82) is 0 Å². The minimum Gasteiger partial charge on any atom is -0.463 e. The van der Waals surface area contributed by atoms with Crippen molar-refractivity contribution in [3.05, 3.63) is 35.9 Å². The molecule has 1 heterocycles. The topological polar surface area (TPSA) is 124 Å². The lowest BCUT2D eigenvalue weighted by atomic mass is 9.98. The number of hydrogen-bond donors (Lipinski definition) is 0. The zero-order chi connectivity index (χ0) is 23.0. The molecule has 1 fully saturated rings. The average Bonchev–Trinajstić information content (AvgIpc) is 2.67. The van der Waals surface area contributed by atoms with Crippen LogP contribution in [0.1, 0.15) is 33.3 Å². The van der Waals surface area contributed by atoms with E-state index in [1.165, 1.54) is 27.7 Å². The molecule has 0 amide bonds. The summed E-state index contributed by atoms with van der Waals surface area (Å²) in [6.07, 6.45) is -5.86. The molecule has 0 N–H and O–H groups in total. The lowest BCUT2D eigenvalue weighted by Gasteiger charge is -2.44. The van der Waals surface area contributed by atoms with Crippen molar-refractivity contribution in [2.24, 2.45) is 0 Å². The Morgan fingerprint density at radius 2 is 1.35 bits per heavy atom. The van der Waals surface area contributed by atoms with E-state index >= 15 is 0 Å². The molecular formula is C21H26O10. The summed E-state index contributed by atoms with van der Waals surface area (Å²) in [6.45, 7) is 4.47. The van der Waals surface area contributed by atoms with Crippen molar-refractivity contribution in [1.82, 2.24) is 0 Å². The summed E-state index contributed by atoms with van der Waals surface area (Å²) < 4.78 is 32.6. The molecule has 1 saturated heterocycles. The Balaban J connectivity index is 2.36. The predicted molar refractivity (Wildman–Crippen MR) is 103 cm³/mol. The molecule has 1 aromatic rings. The SMILES string of the molecule is CC(=O)OC[C@H]1O[C@H](OC(C)=O)[C@H](OCc2ccccc2)[C@@H](OC(C)=O)[C@@H]1OC(C)=O. The molecule has 10 heteroatoms. The minimum atomic E-state index is -1.31. The maximum Gasteiger partial charge on any atom is 0.305 e. The van der Waals surface area contributed by atoms with Crippen molar-refractivity contribution < 1.29 is 47.6 Å². The third-order valence-corrected chi connectivity index (χ3v) is 4.21. The third-order valence-electron chi connectivity index (χ3n) is 4.21. The van der Waals surface area contributed by atoms with Crippen LogP contribution in [0.4, 0.5) is 0 Å². The summed E-state index contributed by atoms with van der Waals surface area (Å²) in [5, 5.41) is 0. The first-order valence-corrected chi connectivity index (χ1v) is 9.63. The van der Waals surface area contributed by atoms with E-state index in [1.807, 2.05) is 30.3 Å². The highest BCUT2D eigenvalue weighted by Gasteiger charge is 2.52. The van der Waals surface area contributed by atoms with E-state index in [0.717, 1.165) is 5.56 Å². The first-order valence-electron chi connectivity index (χ1n) is 9.63. The number of benzene rings is 1. The van der Waals surface area contributed by atoms with Crippen molar-refractivity contribution in [3.63, 3.8) is 0 Å². The fourth-order valence-electron chi connectivity index (χ4n) is 3.07. The second-order valence-corrected chi connectivity index (χ2v) is 6.86. The van der Waals surface area contributed by atoms with Gasteiger partial charge < -0.3 is 28.4 Å². The summed E-state index contributed by atoms with van der Waals surface area (Å²) in [4.78, 5) is 46.5. The summed E-state index contributed by atoms with van der Waals surface area (Å²) in [5.74, 6) is -2.62. The minimum absolute atomic E-state index is 0.0752. The van der Waals surface area contributed by atoms with E-state index in [-0.39, 0.29) is 13.2 Å². The molecule has 0 aromatic heterocycles. The molecular weight excluding hydrogens is 412 g/mol. The second kappa shape index (κ2) is 11.4. The monoisotopic (exact) mass is 438 g/mol. The molecule has 0 bridgehead atoms. The Labute approximate surface area is 179 Å². The zero-order valence-electron chi connectivity index (χ0n) is 17.8. The molecule has 0 spiro atoms. The lowest BCUT2D eigenvalue weighted by Crippen LogP contribution is -2.62. The van der Waals surface area contributed by atoms with Crippen molar-refractivity contribution in [2.45, 2.75) is 65.0 Å². The van der Waals surface area contributed by atoms with Crippen molar-refractivity contribution in [3.8, 4) is 0 Å². The van der Waals surface area contributed by atoms with Crippen LogP contribution in [-0.4, -0.2) is 61.2 Å². The van der Waals surface area contributed by atoms with Crippen LogP contribution in [0, 0.1) is 0 Å². The Bertz CT molecular complexity index is 778. The van der Waals surface area contributed by atoms with Crippen LogP contribution in [0.2, 0.25) is 0 Å². The lowest BCUT2D eigenvalue weighted by molar-refractivity contribution is -0.307. The second-order valence-electron chi connectivity index (χ2n) is 6.86. The largest absolute Gasteiger partial charge is 0.463 e. The first-order chi connectivity index (χ1) is 14.7. The van der Waals surface area contributed by atoms with Gasteiger partial charge in [-0.1, -0.05) is 30.3 Å². The predicted octanol–water partition coefficient (Wildman–Crippen LogP) is 1.29. The van der Waals surface area contributed by atoms with Gasteiger partial charge in [0.15, 0.2) is 18.3 Å². The van der Waals surface area contributed by atoms with Gasteiger partial charge in [0.05, 0.1) is 6.61 Å². The molecule has 0 aliphatic carbocycles. The van der Waals surface area contributed by atoms with Crippen LogP contribution in [0.5, 0.6) is 0 Å². The molecule has 5 atom stereocenters.